The first-order chi connectivity index (χ1) is 29.5. The summed E-state index contributed by atoms with van der Waals surface area (Å²) >= 11 is 39.6. The van der Waals surface area contributed by atoms with E-state index < -0.39 is 20.0 Å². The van der Waals surface area contributed by atoms with Crippen LogP contribution in [-0.4, -0.2) is 87.8 Å². The molecule has 0 unspecified atom stereocenters. The molecule has 0 aliphatic carbocycles. The predicted molar refractivity (Wildman–Crippen MR) is 257 cm³/mol. The molecule has 0 atom stereocenters. The van der Waals surface area contributed by atoms with Crippen LogP contribution in [0.5, 0.6) is 0 Å². The number of rotatable bonds is 10. The lowest BCUT2D eigenvalue weighted by atomic mass is 10.0. The minimum absolute atomic E-state index is 0.0341. The van der Waals surface area contributed by atoms with Crippen molar-refractivity contribution in [2.24, 2.45) is 0 Å². The van der Waals surface area contributed by atoms with Gasteiger partial charge in [-0.15, -0.1) is 22.7 Å². The molecule has 8 rings (SSSR count). The van der Waals surface area contributed by atoms with Crippen molar-refractivity contribution >= 4 is 123 Å². The van der Waals surface area contributed by atoms with Crippen molar-refractivity contribution in [2.75, 3.05) is 62.2 Å². The molecular weight excluding hydrogens is 993 g/mol. The van der Waals surface area contributed by atoms with Gasteiger partial charge in [0.15, 0.2) is 10.3 Å². The van der Waals surface area contributed by atoms with Crippen LogP contribution in [0.2, 0.25) is 30.1 Å². The molecule has 10 nitrogen and oxygen atoms in total. The summed E-state index contributed by atoms with van der Waals surface area (Å²) in [6.45, 7) is 7.85. The lowest BCUT2D eigenvalue weighted by Crippen LogP contribution is -2.48. The van der Waals surface area contributed by atoms with Crippen LogP contribution < -0.4 is 9.80 Å². The molecule has 6 aromatic rings. The highest BCUT2D eigenvalue weighted by atomic mass is 35.5. The number of sulfonamides is 2. The van der Waals surface area contributed by atoms with E-state index in [0.29, 0.717) is 68.8 Å². The first kappa shape index (κ1) is 47.3. The van der Waals surface area contributed by atoms with Crippen LogP contribution in [0.1, 0.15) is 33.6 Å². The number of benzene rings is 4. The molecule has 2 aromatic heterocycles. The molecule has 62 heavy (non-hydrogen) atoms. The maximum atomic E-state index is 13.0. The molecule has 0 N–H and O–H groups in total. The number of halogens is 6. The fourth-order valence-electron chi connectivity index (χ4n) is 7.23. The molecule has 0 bridgehead atoms. The molecule has 0 spiro atoms. The van der Waals surface area contributed by atoms with Crippen molar-refractivity contribution in [3.63, 3.8) is 0 Å². The molecule has 20 heteroatoms. The zero-order valence-corrected chi connectivity index (χ0v) is 41.2. The first-order valence-corrected chi connectivity index (χ1v) is 26.2. The van der Waals surface area contributed by atoms with Crippen LogP contribution in [0.4, 0.5) is 10.3 Å². The summed E-state index contributed by atoms with van der Waals surface area (Å²) in [5.74, 6) is 0. The predicted octanol–water partition coefficient (Wildman–Crippen LogP) is 11.0. The number of piperazine rings is 2. The van der Waals surface area contributed by atoms with Crippen molar-refractivity contribution in [2.45, 2.75) is 36.5 Å². The summed E-state index contributed by atoms with van der Waals surface area (Å²) in [7, 11) is -7.41. The number of hydrogen-bond donors (Lipinski definition) is 0. The Bertz CT molecular complexity index is 2560. The summed E-state index contributed by atoms with van der Waals surface area (Å²) in [6, 6.07) is 21.3. The van der Waals surface area contributed by atoms with E-state index in [1.54, 1.807) is 41.7 Å². The van der Waals surface area contributed by atoms with Gasteiger partial charge in [-0.1, -0.05) is 111 Å². The van der Waals surface area contributed by atoms with Gasteiger partial charge in [-0.25, -0.2) is 26.8 Å². The Balaban J connectivity index is 0.000000186. The van der Waals surface area contributed by atoms with Crippen molar-refractivity contribution < 1.29 is 16.8 Å². The molecule has 2 aliphatic heterocycles. The van der Waals surface area contributed by atoms with Crippen LogP contribution >= 0.6 is 92.3 Å². The van der Waals surface area contributed by atoms with E-state index in [-0.39, 0.29) is 29.9 Å². The second-order valence-electron chi connectivity index (χ2n) is 14.8. The van der Waals surface area contributed by atoms with Gasteiger partial charge in [-0.2, -0.15) is 8.61 Å². The zero-order chi connectivity index (χ0) is 44.3. The number of nitrogens with zero attached hydrogens (tertiary/aromatic N) is 6. The highest BCUT2D eigenvalue weighted by Crippen LogP contribution is 2.34. The summed E-state index contributed by atoms with van der Waals surface area (Å²) in [5, 5.41) is 7.64. The molecule has 4 heterocycles. The van der Waals surface area contributed by atoms with Crippen LogP contribution in [0.15, 0.2) is 93.3 Å². The van der Waals surface area contributed by atoms with Gasteiger partial charge in [0.2, 0.25) is 20.0 Å². The third kappa shape index (κ3) is 11.2. The monoisotopic (exact) mass is 1030 g/mol. The maximum absolute atomic E-state index is 13.0. The molecule has 0 radical (unpaired) electrons. The van der Waals surface area contributed by atoms with Crippen LogP contribution in [0.25, 0.3) is 0 Å². The Morgan fingerprint density at radius 2 is 0.919 bits per heavy atom. The van der Waals surface area contributed by atoms with Gasteiger partial charge in [0, 0.05) is 86.0 Å². The van der Waals surface area contributed by atoms with Crippen molar-refractivity contribution in [1.82, 2.24) is 18.6 Å². The van der Waals surface area contributed by atoms with Gasteiger partial charge >= 0.3 is 0 Å². The van der Waals surface area contributed by atoms with Crippen molar-refractivity contribution in [1.29, 1.82) is 0 Å². The van der Waals surface area contributed by atoms with E-state index in [1.165, 1.54) is 48.8 Å². The molecule has 0 saturated carbocycles. The van der Waals surface area contributed by atoms with Crippen LogP contribution in [0.3, 0.4) is 0 Å². The van der Waals surface area contributed by atoms with Gasteiger partial charge in [0.1, 0.15) is 9.79 Å². The van der Waals surface area contributed by atoms with Crippen LogP contribution in [-0.2, 0) is 32.9 Å². The standard InChI is InChI=1S/C22H23Cl2N3O2S2.C20H17Cl4N3O2S2/c1-15-10-16(2)12-17(11-15)13-18-14-30-22(25-18)26-6-8-27(9-7-26)31(28,29)20-5-3-4-19(23)21(20)24;21-14-8-13(9-15(22)11-14)10-16-12-30-20(25-16)26-4-6-27(7-5-26)31(28,29)18-3-1-2-17(23)19(18)24/h3-5,10-12,14H,6-9,13H2,1-2H3;1-3,8-9,11-12H,4-7,10H2. The van der Waals surface area contributed by atoms with E-state index in [2.05, 4.69) is 47.2 Å². The van der Waals surface area contributed by atoms with Crippen molar-refractivity contribution in [3.05, 3.63) is 147 Å². The molecule has 2 aliphatic rings. The largest absolute Gasteiger partial charge is 0.345 e. The number of aryl methyl sites for hydroxylation is 2. The SMILES string of the molecule is Cc1cc(C)cc(Cc2csc(N3CCN(S(=O)(=O)c4cccc(Cl)c4Cl)CC3)n2)c1.O=S(=O)(c1cccc(Cl)c1Cl)N1CCN(c2nc(Cc3cc(Cl)cc(Cl)c3)cs2)CC1. The minimum atomic E-state index is -3.72. The molecule has 2 fully saturated rings. The second-order valence-corrected chi connectivity index (χ2v) is 22.7. The van der Waals surface area contributed by atoms with E-state index >= 15 is 0 Å². The fourth-order valence-corrected chi connectivity index (χ4v) is 13.9. The average Bonchev–Trinajstić information content (AvgIpc) is 3.89. The van der Waals surface area contributed by atoms with Gasteiger partial charge in [-0.05, 0) is 67.4 Å². The summed E-state index contributed by atoms with van der Waals surface area (Å²) in [6.07, 6.45) is 1.42. The van der Waals surface area contributed by atoms with E-state index in [9.17, 15) is 16.8 Å². The Morgan fingerprint density at radius 3 is 1.32 bits per heavy atom. The molecule has 2 saturated heterocycles. The molecular formula is C42H40Cl6N6O4S4. The zero-order valence-electron chi connectivity index (χ0n) is 33.4. The van der Waals surface area contributed by atoms with Gasteiger partial charge in [-0.3, -0.25) is 0 Å². The van der Waals surface area contributed by atoms with Gasteiger partial charge in [0.05, 0.1) is 31.5 Å². The lowest BCUT2D eigenvalue weighted by molar-refractivity contribution is 0.384. The summed E-state index contributed by atoms with van der Waals surface area (Å²) < 4.78 is 54.9. The third-order valence-electron chi connectivity index (χ3n) is 10.1. The summed E-state index contributed by atoms with van der Waals surface area (Å²) in [5.41, 5.74) is 6.70. The van der Waals surface area contributed by atoms with E-state index in [0.717, 1.165) is 33.6 Å². The Labute approximate surface area is 400 Å². The second kappa shape index (κ2) is 20.2. The lowest BCUT2D eigenvalue weighted by Gasteiger charge is -2.34. The molecule has 328 valence electrons. The van der Waals surface area contributed by atoms with E-state index in [4.69, 9.17) is 79.6 Å². The average molecular weight is 1030 g/mol. The number of anilines is 2. The van der Waals surface area contributed by atoms with Gasteiger partial charge < -0.3 is 9.80 Å². The van der Waals surface area contributed by atoms with Crippen molar-refractivity contribution in [3.8, 4) is 0 Å². The Hall–Kier alpha value is -2.70. The van der Waals surface area contributed by atoms with Crippen LogP contribution in [0, 0.1) is 13.8 Å². The number of thiazole rings is 2. The quantitative estimate of drug-likeness (QED) is 0.134. The normalized spacial score (nSPS) is 15.4. The third-order valence-corrected chi connectivity index (χ3v) is 18.2. The Morgan fingerprint density at radius 1 is 0.532 bits per heavy atom. The summed E-state index contributed by atoms with van der Waals surface area (Å²) in [4.78, 5) is 13.8. The maximum Gasteiger partial charge on any atom is 0.244 e. The first-order valence-electron chi connectivity index (χ1n) is 19.3. The Kier molecular flexibility index (Phi) is 15.4. The highest BCUT2D eigenvalue weighted by Gasteiger charge is 2.33. The molecule has 4 aromatic carbocycles. The number of aromatic nitrogens is 2. The fraction of sp³-hybridized carbons (Fsp3) is 0.286. The number of hydrogen-bond acceptors (Lipinski definition) is 10. The van der Waals surface area contributed by atoms with E-state index in [1.807, 2.05) is 17.5 Å². The highest BCUT2D eigenvalue weighted by molar-refractivity contribution is 7.89. The topological polar surface area (TPSA) is 107 Å². The molecule has 0 amide bonds. The smallest absolute Gasteiger partial charge is 0.244 e. The minimum Gasteiger partial charge on any atom is -0.345 e. The van der Waals surface area contributed by atoms with Gasteiger partial charge in [0.25, 0.3) is 0 Å².